The summed E-state index contributed by atoms with van der Waals surface area (Å²) < 4.78 is 34.8. The van der Waals surface area contributed by atoms with Gasteiger partial charge in [-0.25, -0.2) is 8.42 Å². The molecule has 3 aromatic carbocycles. The Morgan fingerprint density at radius 1 is 0.917 bits per heavy atom. The Morgan fingerprint density at radius 2 is 1.61 bits per heavy atom. The molecule has 0 N–H and O–H groups in total. The van der Waals surface area contributed by atoms with E-state index in [0.29, 0.717) is 0 Å². The van der Waals surface area contributed by atoms with Crippen LogP contribution >= 0.6 is 23.1 Å². The minimum Gasteiger partial charge on any atom is -0.744 e. The normalized spacial score (nSPS) is 16.7. The van der Waals surface area contributed by atoms with Gasteiger partial charge in [-0.1, -0.05) is 71.1 Å². The molecule has 36 heavy (non-hydrogen) atoms. The third-order valence-electron chi connectivity index (χ3n) is 6.03. The summed E-state index contributed by atoms with van der Waals surface area (Å²) in [6.07, 6.45) is 6.80. The van der Waals surface area contributed by atoms with Gasteiger partial charge in [0, 0.05) is 23.6 Å². The Balaban J connectivity index is 0.000000205. The Hall–Kier alpha value is -3.17. The molecule has 0 bridgehead atoms. The van der Waals surface area contributed by atoms with E-state index < -0.39 is 10.1 Å². The quantitative estimate of drug-likeness (QED) is 0.233. The fourth-order valence-corrected chi connectivity index (χ4v) is 6.88. The molecule has 0 fully saturated rings. The van der Waals surface area contributed by atoms with Crippen molar-refractivity contribution < 1.29 is 17.5 Å². The highest BCUT2D eigenvalue weighted by Gasteiger charge is 2.26. The molecule has 2 aliphatic rings. The van der Waals surface area contributed by atoms with Crippen molar-refractivity contribution >= 4 is 54.7 Å². The number of hydrogen-bond donors (Lipinski definition) is 0. The number of rotatable bonds is 2. The molecule has 6 rings (SSSR count). The number of allylic oxidation sites excluding steroid dienone is 5. The summed E-state index contributed by atoms with van der Waals surface area (Å²) in [7, 11) is 0.0365. The molecule has 0 radical (unpaired) electrons. The van der Waals surface area contributed by atoms with Crippen LogP contribution in [-0.4, -0.2) is 20.0 Å². The summed E-state index contributed by atoms with van der Waals surface area (Å²) in [5, 5.41) is 2.60. The van der Waals surface area contributed by atoms with E-state index in [1.807, 2.05) is 30.0 Å². The molecule has 1 aliphatic carbocycles. The highest BCUT2D eigenvalue weighted by atomic mass is 32.2. The molecule has 0 spiro atoms. The van der Waals surface area contributed by atoms with Crippen molar-refractivity contribution in [3.05, 3.63) is 112 Å². The highest BCUT2D eigenvalue weighted by molar-refractivity contribution is 8.03. The van der Waals surface area contributed by atoms with Crippen molar-refractivity contribution in [1.29, 1.82) is 0 Å². The second kappa shape index (κ2) is 9.71. The van der Waals surface area contributed by atoms with E-state index in [1.54, 1.807) is 12.1 Å². The summed E-state index contributed by atoms with van der Waals surface area (Å²) in [6, 6.07) is 23.0. The number of nitrogens with zero attached hydrogens (tertiary/aromatic N) is 2. The van der Waals surface area contributed by atoms with E-state index >= 15 is 0 Å². The lowest BCUT2D eigenvalue weighted by atomic mass is 10.2. The number of thiazole rings is 1. The van der Waals surface area contributed by atoms with Crippen LogP contribution in [0.3, 0.4) is 0 Å². The van der Waals surface area contributed by atoms with Gasteiger partial charge < -0.3 is 9.45 Å². The number of hydrogen-bond acceptors (Lipinski definition) is 6. The van der Waals surface area contributed by atoms with Gasteiger partial charge in [-0.2, -0.15) is 4.57 Å². The fourth-order valence-electron chi connectivity index (χ4n) is 4.12. The summed E-state index contributed by atoms with van der Waals surface area (Å²) in [5.74, 6) is 0. The van der Waals surface area contributed by atoms with Crippen molar-refractivity contribution in [1.82, 2.24) is 0 Å². The first kappa shape index (κ1) is 24.5. The second-order valence-corrected chi connectivity index (χ2v) is 12.0. The Bertz CT molecular complexity index is 1660. The van der Waals surface area contributed by atoms with Crippen LogP contribution in [0.15, 0.2) is 111 Å². The van der Waals surface area contributed by atoms with Crippen molar-refractivity contribution in [3.63, 3.8) is 0 Å². The molecule has 0 unspecified atom stereocenters. The van der Waals surface area contributed by atoms with Crippen LogP contribution in [0.5, 0.6) is 0 Å². The van der Waals surface area contributed by atoms with Gasteiger partial charge in [0.15, 0.2) is 0 Å². The Kier molecular flexibility index (Phi) is 6.61. The number of anilines is 1. The molecule has 1 aromatic heterocycles. The van der Waals surface area contributed by atoms with Gasteiger partial charge in [0.2, 0.25) is 5.52 Å². The van der Waals surface area contributed by atoms with E-state index in [0.717, 1.165) is 5.56 Å². The van der Waals surface area contributed by atoms with Gasteiger partial charge >= 0.3 is 0 Å². The highest BCUT2D eigenvalue weighted by Crippen LogP contribution is 2.47. The van der Waals surface area contributed by atoms with Gasteiger partial charge in [0.1, 0.15) is 21.9 Å². The Labute approximate surface area is 219 Å². The maximum absolute atomic E-state index is 10.4. The first-order valence-electron chi connectivity index (χ1n) is 11.3. The first-order valence-corrected chi connectivity index (χ1v) is 14.3. The van der Waals surface area contributed by atoms with Crippen LogP contribution in [0.25, 0.3) is 15.8 Å². The van der Waals surface area contributed by atoms with E-state index in [2.05, 4.69) is 90.3 Å². The first-order chi connectivity index (χ1) is 17.2. The smallest absolute Gasteiger partial charge is 0.269 e. The lowest BCUT2D eigenvalue weighted by Crippen LogP contribution is -2.29. The summed E-state index contributed by atoms with van der Waals surface area (Å²) in [4.78, 5) is 3.45. The summed E-state index contributed by atoms with van der Waals surface area (Å²) in [6.45, 7) is 1.82. The number of fused-ring (bicyclic) bond motifs is 2. The van der Waals surface area contributed by atoms with Crippen LogP contribution in [-0.2, 0) is 17.2 Å². The van der Waals surface area contributed by atoms with Crippen LogP contribution in [0.4, 0.5) is 5.69 Å². The monoisotopic (exact) mass is 532 g/mol. The maximum atomic E-state index is 10.4. The van der Waals surface area contributed by atoms with Crippen LogP contribution < -0.4 is 9.47 Å². The molecule has 0 saturated heterocycles. The van der Waals surface area contributed by atoms with E-state index in [9.17, 15) is 13.0 Å². The van der Waals surface area contributed by atoms with Crippen LogP contribution in [0.1, 0.15) is 10.6 Å². The van der Waals surface area contributed by atoms with E-state index in [-0.39, 0.29) is 4.90 Å². The molecule has 2 heterocycles. The van der Waals surface area contributed by atoms with Gasteiger partial charge in [0.05, 0.1) is 21.2 Å². The molecular weight excluding hydrogens is 509 g/mol. The van der Waals surface area contributed by atoms with Gasteiger partial charge in [0.25, 0.3) is 5.01 Å². The van der Waals surface area contributed by atoms with Gasteiger partial charge in [-0.15, -0.1) is 0 Å². The van der Waals surface area contributed by atoms with Crippen LogP contribution in [0.2, 0.25) is 0 Å². The minimum atomic E-state index is -4.27. The van der Waals surface area contributed by atoms with E-state index in [1.165, 1.54) is 54.1 Å². The van der Waals surface area contributed by atoms with Gasteiger partial charge in [-0.3, -0.25) is 0 Å². The summed E-state index contributed by atoms with van der Waals surface area (Å²) in [5.41, 5.74) is 6.08. The predicted octanol–water partition coefficient (Wildman–Crippen LogP) is 6.03. The Morgan fingerprint density at radius 3 is 2.31 bits per heavy atom. The largest absolute Gasteiger partial charge is 0.744 e. The van der Waals surface area contributed by atoms with Crippen molar-refractivity contribution in [2.45, 2.75) is 16.7 Å². The number of benzene rings is 3. The third kappa shape index (κ3) is 4.77. The average Bonchev–Trinajstić information content (AvgIpc) is 3.56. The molecule has 0 saturated carbocycles. The summed E-state index contributed by atoms with van der Waals surface area (Å²) >= 11 is 3.71. The molecule has 1 aliphatic heterocycles. The zero-order valence-electron chi connectivity index (χ0n) is 20.0. The zero-order valence-corrected chi connectivity index (χ0v) is 22.5. The zero-order chi connectivity index (χ0) is 25.4. The molecule has 182 valence electrons. The maximum Gasteiger partial charge on any atom is 0.269 e. The number of aryl methyl sites for hydroxylation is 2. The topological polar surface area (TPSA) is 64.3 Å². The molecular formula is C28H24N2O3S3. The predicted molar refractivity (Wildman–Crippen MR) is 147 cm³/mol. The second-order valence-electron chi connectivity index (χ2n) is 8.52. The SMILES string of the molecule is CN1/C(=C2/C=CC(c3sc4ccccc4[n+]3C)=C2)Sc2ccccc21.Cc1ccc(S(=O)(=O)[O-])cc1. The molecule has 0 atom stereocenters. The number of thioether (sulfide) groups is 1. The van der Waals surface area contributed by atoms with Crippen molar-refractivity contribution in [2.75, 3.05) is 11.9 Å². The molecule has 8 heteroatoms. The minimum absolute atomic E-state index is 0.178. The molecule has 0 amide bonds. The lowest BCUT2D eigenvalue weighted by molar-refractivity contribution is -0.642. The third-order valence-corrected chi connectivity index (χ3v) is 9.42. The standard InChI is InChI=1S/C21H17N2S2.C7H8O3S/c1-22-16-7-3-5-9-18(16)24-20(22)14-11-12-15(13-14)21-23(2)17-8-4-6-10-19(17)25-21;1-6-2-4-7(5-3-6)11(8,9)10/h3-13H,1-2H3;2-5H,1H3,(H,8,9,10)/q+1;/p-1. The van der Waals surface area contributed by atoms with E-state index in [4.69, 9.17) is 0 Å². The lowest BCUT2D eigenvalue weighted by Gasteiger charge is -2.14. The van der Waals surface area contributed by atoms with Gasteiger partial charge in [-0.05, 0) is 49.4 Å². The van der Waals surface area contributed by atoms with Crippen molar-refractivity contribution in [3.8, 4) is 0 Å². The number of aromatic nitrogens is 1. The fraction of sp³-hybridized carbons (Fsp3) is 0.107. The van der Waals surface area contributed by atoms with Crippen molar-refractivity contribution in [2.24, 2.45) is 7.05 Å². The average molecular weight is 533 g/mol. The number of para-hydroxylation sites is 2. The van der Waals surface area contributed by atoms with Crippen LogP contribution in [0, 0.1) is 6.92 Å². The molecule has 5 nitrogen and oxygen atoms in total. The molecule has 4 aromatic rings.